The van der Waals surface area contributed by atoms with E-state index in [0.29, 0.717) is 28.7 Å². The second-order valence-electron chi connectivity index (χ2n) is 8.95. The molecule has 180 valence electrons. The minimum absolute atomic E-state index is 0.0132. The van der Waals surface area contributed by atoms with E-state index in [1.54, 1.807) is 13.2 Å². The number of ether oxygens (including phenoxy) is 2. The van der Waals surface area contributed by atoms with Crippen molar-refractivity contribution in [2.24, 2.45) is 5.92 Å². The van der Waals surface area contributed by atoms with E-state index in [-0.39, 0.29) is 17.9 Å². The maximum absolute atomic E-state index is 12.0. The van der Waals surface area contributed by atoms with Crippen molar-refractivity contribution in [1.29, 1.82) is 0 Å². The smallest absolute Gasteiger partial charge is 0.336 e. The molecule has 1 aliphatic heterocycles. The lowest BCUT2D eigenvalue weighted by molar-refractivity contribution is 0.0695. The van der Waals surface area contributed by atoms with Gasteiger partial charge in [-0.1, -0.05) is 42.0 Å². The van der Waals surface area contributed by atoms with E-state index in [0.717, 1.165) is 38.8 Å². The fraction of sp³-hybridized carbons (Fsp3) is 0.250. The number of methoxy groups -OCH3 is 1. The van der Waals surface area contributed by atoms with Crippen LogP contribution in [0.25, 0.3) is 0 Å². The van der Waals surface area contributed by atoms with Crippen molar-refractivity contribution in [3.8, 4) is 11.5 Å². The Hall–Kier alpha value is -2.96. The lowest BCUT2D eigenvalue weighted by Crippen LogP contribution is -2.31. The maximum atomic E-state index is 12.0. The Morgan fingerprint density at radius 2 is 1.97 bits per heavy atom. The molecule has 3 aromatic rings. The van der Waals surface area contributed by atoms with Crippen LogP contribution in [-0.2, 0) is 6.61 Å². The minimum atomic E-state index is -0.896. The van der Waals surface area contributed by atoms with E-state index < -0.39 is 5.97 Å². The molecule has 0 radical (unpaired) electrons. The van der Waals surface area contributed by atoms with Crippen LogP contribution in [0.2, 0.25) is 5.02 Å². The summed E-state index contributed by atoms with van der Waals surface area (Å²) in [6.07, 6.45) is 5.17. The van der Waals surface area contributed by atoms with E-state index in [2.05, 4.69) is 39.5 Å². The second-order valence-corrected chi connectivity index (χ2v) is 10.2. The maximum Gasteiger partial charge on any atom is 0.336 e. The third kappa shape index (κ3) is 4.41. The highest BCUT2D eigenvalue weighted by molar-refractivity contribution is 9.10. The number of allylic oxidation sites excluding steroid dienone is 2. The highest BCUT2D eigenvalue weighted by Crippen LogP contribution is 2.53. The largest absolute Gasteiger partial charge is 0.493 e. The predicted molar refractivity (Wildman–Crippen MR) is 141 cm³/mol. The minimum Gasteiger partial charge on any atom is -0.493 e. The van der Waals surface area contributed by atoms with Crippen LogP contribution < -0.4 is 14.8 Å². The standard InChI is InChI=1S/C28H25BrClNO4/c1-15-6-11-21(28(32)33)24-19-4-3-5-20(19)26(31-25(15)24)17-12-22(29)27(23(13-17)34-2)35-14-16-7-9-18(30)10-8-16/h3-4,6-13,19-20,26,31H,5,14H2,1-2H3,(H,32,33)/t19-,20-,26+/m1/s1. The Balaban J connectivity index is 1.49. The third-order valence-electron chi connectivity index (χ3n) is 6.87. The number of fused-ring (bicyclic) bond motifs is 3. The molecule has 0 spiro atoms. The molecule has 0 bridgehead atoms. The third-order valence-corrected chi connectivity index (χ3v) is 7.71. The van der Waals surface area contributed by atoms with E-state index in [4.69, 9.17) is 21.1 Å². The van der Waals surface area contributed by atoms with Crippen LogP contribution in [0.15, 0.2) is 65.2 Å². The molecular weight excluding hydrogens is 530 g/mol. The van der Waals surface area contributed by atoms with Gasteiger partial charge in [-0.05, 0) is 87.8 Å². The average Bonchev–Trinajstić information content (AvgIpc) is 3.33. The lowest BCUT2D eigenvalue weighted by Gasteiger charge is -2.39. The molecule has 7 heteroatoms. The summed E-state index contributed by atoms with van der Waals surface area (Å²) in [5, 5.41) is 14.2. The van der Waals surface area contributed by atoms with E-state index >= 15 is 0 Å². The number of carboxylic acid groups (broad SMARTS) is 1. The summed E-state index contributed by atoms with van der Waals surface area (Å²) in [4.78, 5) is 12.0. The van der Waals surface area contributed by atoms with Crippen LogP contribution in [-0.4, -0.2) is 18.2 Å². The number of aryl methyl sites for hydroxylation is 1. The van der Waals surface area contributed by atoms with Crippen LogP contribution >= 0.6 is 27.5 Å². The molecule has 0 fully saturated rings. The Bertz CT molecular complexity index is 1320. The highest BCUT2D eigenvalue weighted by atomic mass is 79.9. The molecule has 2 N–H and O–H groups in total. The van der Waals surface area contributed by atoms with Gasteiger partial charge in [-0.15, -0.1) is 0 Å². The first-order chi connectivity index (χ1) is 16.9. The molecule has 0 saturated carbocycles. The zero-order valence-corrected chi connectivity index (χ0v) is 21.7. The summed E-state index contributed by atoms with van der Waals surface area (Å²) in [7, 11) is 1.63. The number of carboxylic acids is 1. The molecule has 0 saturated heterocycles. The molecule has 35 heavy (non-hydrogen) atoms. The molecule has 5 nitrogen and oxygen atoms in total. The van der Waals surface area contributed by atoms with Gasteiger partial charge in [-0.2, -0.15) is 0 Å². The quantitative estimate of drug-likeness (QED) is 0.308. The van der Waals surface area contributed by atoms with E-state index in [1.807, 2.05) is 43.3 Å². The molecule has 5 rings (SSSR count). The Labute approximate surface area is 217 Å². The SMILES string of the molecule is COc1cc([C@@H]2Nc3c(C)ccc(C(=O)O)c3[C@@H]3C=CC[C@H]32)cc(Br)c1OCc1ccc(Cl)cc1. The number of anilines is 1. The van der Waals surface area contributed by atoms with Gasteiger partial charge in [0.25, 0.3) is 0 Å². The molecule has 3 aromatic carbocycles. The summed E-state index contributed by atoms with van der Waals surface area (Å²) in [5.74, 6) is 0.599. The second kappa shape index (κ2) is 9.59. The molecule has 0 amide bonds. The topological polar surface area (TPSA) is 67.8 Å². The number of hydrogen-bond acceptors (Lipinski definition) is 4. The number of halogens is 2. The van der Waals surface area contributed by atoms with Gasteiger partial charge in [0.1, 0.15) is 6.61 Å². The summed E-state index contributed by atoms with van der Waals surface area (Å²) in [6, 6.07) is 15.2. The van der Waals surface area contributed by atoms with Crippen LogP contribution in [0.1, 0.15) is 51.0 Å². The summed E-state index contributed by atoms with van der Waals surface area (Å²) in [5.41, 5.74) is 5.23. The van der Waals surface area contributed by atoms with Crippen LogP contribution in [0, 0.1) is 12.8 Å². The Morgan fingerprint density at radius 1 is 1.20 bits per heavy atom. The van der Waals surface area contributed by atoms with Crippen LogP contribution in [0.3, 0.4) is 0 Å². The monoisotopic (exact) mass is 553 g/mol. The highest BCUT2D eigenvalue weighted by Gasteiger charge is 2.41. The van der Waals surface area contributed by atoms with Gasteiger partial charge >= 0.3 is 5.97 Å². The first-order valence-corrected chi connectivity index (χ1v) is 12.6. The van der Waals surface area contributed by atoms with Gasteiger partial charge in [0.15, 0.2) is 11.5 Å². The molecule has 3 atom stereocenters. The van der Waals surface area contributed by atoms with Crippen molar-refractivity contribution in [1.82, 2.24) is 0 Å². The fourth-order valence-corrected chi connectivity index (χ4v) is 5.87. The van der Waals surface area contributed by atoms with Crippen LogP contribution in [0.5, 0.6) is 11.5 Å². The molecule has 0 aromatic heterocycles. The van der Waals surface area contributed by atoms with E-state index in [9.17, 15) is 9.90 Å². The molecule has 0 unspecified atom stereocenters. The molecular formula is C28H25BrClNO4. The van der Waals surface area contributed by atoms with Gasteiger partial charge in [0, 0.05) is 16.6 Å². The van der Waals surface area contributed by atoms with Gasteiger partial charge in [-0.25, -0.2) is 4.79 Å². The van der Waals surface area contributed by atoms with Gasteiger partial charge in [0.2, 0.25) is 0 Å². The average molecular weight is 555 g/mol. The number of benzene rings is 3. The summed E-state index contributed by atoms with van der Waals surface area (Å²) in [6.45, 7) is 2.39. The number of aromatic carboxylic acids is 1. The number of hydrogen-bond donors (Lipinski definition) is 2. The number of carbonyl (C=O) groups is 1. The summed E-state index contributed by atoms with van der Waals surface area (Å²) < 4.78 is 12.6. The number of nitrogens with one attached hydrogen (secondary N) is 1. The van der Waals surface area contributed by atoms with Gasteiger partial charge in [-0.3, -0.25) is 0 Å². The first kappa shape index (κ1) is 23.8. The first-order valence-electron chi connectivity index (χ1n) is 11.4. The van der Waals surface area contributed by atoms with Crippen molar-refractivity contribution in [3.05, 3.63) is 98.0 Å². The van der Waals surface area contributed by atoms with Crippen molar-refractivity contribution in [2.45, 2.75) is 31.9 Å². The zero-order chi connectivity index (χ0) is 24.7. The van der Waals surface area contributed by atoms with Crippen molar-refractivity contribution < 1.29 is 19.4 Å². The fourth-order valence-electron chi connectivity index (χ4n) is 5.17. The predicted octanol–water partition coefficient (Wildman–Crippen LogP) is 7.52. The van der Waals surface area contributed by atoms with Gasteiger partial charge < -0.3 is 19.9 Å². The number of rotatable bonds is 6. The Kier molecular flexibility index (Phi) is 6.51. The lowest BCUT2D eigenvalue weighted by atomic mass is 9.74. The van der Waals surface area contributed by atoms with E-state index in [1.165, 1.54) is 0 Å². The zero-order valence-electron chi connectivity index (χ0n) is 19.3. The molecule has 1 heterocycles. The van der Waals surface area contributed by atoms with Crippen LogP contribution in [0.4, 0.5) is 5.69 Å². The summed E-state index contributed by atoms with van der Waals surface area (Å²) >= 11 is 9.68. The van der Waals surface area contributed by atoms with Crippen molar-refractivity contribution in [2.75, 3.05) is 12.4 Å². The molecule has 2 aliphatic rings. The van der Waals surface area contributed by atoms with Crippen molar-refractivity contribution >= 4 is 39.2 Å². The molecule has 1 aliphatic carbocycles. The van der Waals surface area contributed by atoms with Crippen molar-refractivity contribution in [3.63, 3.8) is 0 Å². The Morgan fingerprint density at radius 3 is 2.69 bits per heavy atom. The van der Waals surface area contributed by atoms with Gasteiger partial charge in [0.05, 0.1) is 23.2 Å². The normalized spacial score (nSPS) is 20.1.